The topological polar surface area (TPSA) is 47.3 Å². The number of benzene rings is 3. The van der Waals surface area contributed by atoms with Gasteiger partial charge in [-0.05, 0) is 12.1 Å². The summed E-state index contributed by atoms with van der Waals surface area (Å²) in [6, 6.07) is 31.4. The van der Waals surface area contributed by atoms with E-state index in [1.807, 2.05) is 89.4 Å². The molecule has 4 heteroatoms. The van der Waals surface area contributed by atoms with Crippen molar-refractivity contribution >= 4 is 33.1 Å². The Balaban J connectivity index is 1.76. The van der Waals surface area contributed by atoms with E-state index in [0.29, 0.717) is 16.8 Å². The van der Waals surface area contributed by atoms with Crippen molar-refractivity contribution in [1.82, 2.24) is 14.6 Å². The van der Waals surface area contributed by atoms with Crippen molar-refractivity contribution in [1.29, 1.82) is 0 Å². The smallest absolute Gasteiger partial charge is 0.197 e. The van der Waals surface area contributed by atoms with Crippen LogP contribution in [0.2, 0.25) is 0 Å². The third kappa shape index (κ3) is 2.73. The maximum Gasteiger partial charge on any atom is 0.197 e. The van der Waals surface area contributed by atoms with Crippen molar-refractivity contribution in [3.63, 3.8) is 0 Å². The predicted molar refractivity (Wildman–Crippen MR) is 123 cm³/mol. The van der Waals surface area contributed by atoms with Crippen LogP contribution in [0.5, 0.6) is 0 Å². The third-order valence-electron chi connectivity index (χ3n) is 5.64. The van der Waals surface area contributed by atoms with Gasteiger partial charge in [0, 0.05) is 28.1 Å². The van der Waals surface area contributed by atoms with E-state index >= 15 is 0 Å². The molecule has 31 heavy (non-hydrogen) atoms. The quantitative estimate of drug-likeness (QED) is 0.274. The minimum atomic E-state index is -0.0398. The molecular formula is C27H17N3O. The Kier molecular flexibility index (Phi) is 3.90. The number of carbonyl (C=O) groups excluding carboxylic acids is 1. The normalized spacial score (nSPS) is 11.4. The van der Waals surface area contributed by atoms with E-state index in [4.69, 9.17) is 5.10 Å². The van der Waals surface area contributed by atoms with E-state index in [9.17, 15) is 4.79 Å². The largest absolute Gasteiger partial charge is 0.288 e. The zero-order valence-corrected chi connectivity index (χ0v) is 16.6. The van der Waals surface area contributed by atoms with Gasteiger partial charge in [-0.15, -0.1) is 0 Å². The predicted octanol–water partition coefficient (Wildman–Crippen LogP) is 5.93. The standard InChI is InChI=1S/C27H17N3O/c31-27(21-10-5-2-6-11-21)23-22-16-15-20-14-13-19-12-7-17-28-25(19)26(20)30(22)29-24(23)18-8-3-1-4-9-18/h1-17H. The molecular weight excluding hydrogens is 382 g/mol. The lowest BCUT2D eigenvalue weighted by Gasteiger charge is -2.06. The van der Waals surface area contributed by atoms with Crippen LogP contribution in [0.15, 0.2) is 103 Å². The molecule has 6 rings (SSSR count). The Labute approximate surface area is 178 Å². The van der Waals surface area contributed by atoms with Gasteiger partial charge in [0.15, 0.2) is 5.78 Å². The van der Waals surface area contributed by atoms with Gasteiger partial charge in [-0.2, -0.15) is 5.10 Å². The first-order valence-electron chi connectivity index (χ1n) is 10.2. The molecule has 0 spiro atoms. The molecule has 0 unspecified atom stereocenters. The van der Waals surface area contributed by atoms with Crippen LogP contribution in [0, 0.1) is 0 Å². The summed E-state index contributed by atoms with van der Waals surface area (Å²) < 4.78 is 1.88. The zero-order chi connectivity index (χ0) is 20.8. The van der Waals surface area contributed by atoms with Crippen LogP contribution in [0.1, 0.15) is 15.9 Å². The third-order valence-corrected chi connectivity index (χ3v) is 5.64. The minimum Gasteiger partial charge on any atom is -0.288 e. The van der Waals surface area contributed by atoms with Crippen LogP contribution in [0.25, 0.3) is 38.6 Å². The Hall–Kier alpha value is -4.31. The molecule has 3 aromatic carbocycles. The Morgan fingerprint density at radius 1 is 0.710 bits per heavy atom. The fourth-order valence-electron chi connectivity index (χ4n) is 4.18. The van der Waals surface area contributed by atoms with Crippen LogP contribution in [-0.4, -0.2) is 20.4 Å². The number of aromatic nitrogens is 3. The summed E-state index contributed by atoms with van der Waals surface area (Å²) in [5, 5.41) is 7.03. The minimum absolute atomic E-state index is 0.0398. The molecule has 0 N–H and O–H groups in total. The highest BCUT2D eigenvalue weighted by Crippen LogP contribution is 2.32. The molecule has 3 aromatic heterocycles. The zero-order valence-electron chi connectivity index (χ0n) is 16.6. The lowest BCUT2D eigenvalue weighted by atomic mass is 9.98. The molecule has 146 valence electrons. The summed E-state index contributed by atoms with van der Waals surface area (Å²) in [7, 11) is 0. The fraction of sp³-hybridized carbons (Fsp3) is 0. The van der Waals surface area contributed by atoms with Crippen LogP contribution in [0.4, 0.5) is 0 Å². The number of hydrogen-bond acceptors (Lipinski definition) is 3. The molecule has 0 atom stereocenters. The highest BCUT2D eigenvalue weighted by atomic mass is 16.1. The maximum atomic E-state index is 13.6. The number of pyridine rings is 2. The van der Waals surface area contributed by atoms with Crippen molar-refractivity contribution < 1.29 is 4.79 Å². The van der Waals surface area contributed by atoms with E-state index in [1.165, 1.54) is 0 Å². The number of hydrogen-bond donors (Lipinski definition) is 0. The summed E-state index contributed by atoms with van der Waals surface area (Å²) in [4.78, 5) is 18.3. The van der Waals surface area contributed by atoms with E-state index in [2.05, 4.69) is 17.1 Å². The number of rotatable bonds is 3. The van der Waals surface area contributed by atoms with E-state index in [0.717, 1.165) is 32.9 Å². The molecule has 0 fully saturated rings. The molecule has 0 aliphatic heterocycles. The fourth-order valence-corrected chi connectivity index (χ4v) is 4.18. The van der Waals surface area contributed by atoms with Crippen molar-refractivity contribution in [2.45, 2.75) is 0 Å². The molecule has 0 aliphatic rings. The molecule has 3 heterocycles. The van der Waals surface area contributed by atoms with Gasteiger partial charge in [0.1, 0.15) is 5.69 Å². The van der Waals surface area contributed by atoms with Crippen LogP contribution in [0.3, 0.4) is 0 Å². The number of carbonyl (C=O) groups is 1. The molecule has 0 radical (unpaired) electrons. The molecule has 0 amide bonds. The monoisotopic (exact) mass is 399 g/mol. The second-order valence-electron chi connectivity index (χ2n) is 7.49. The second-order valence-corrected chi connectivity index (χ2v) is 7.49. The van der Waals surface area contributed by atoms with E-state index in [-0.39, 0.29) is 5.78 Å². The van der Waals surface area contributed by atoms with Gasteiger partial charge in [-0.25, -0.2) is 4.52 Å². The molecule has 0 saturated heterocycles. The summed E-state index contributed by atoms with van der Waals surface area (Å²) in [5.74, 6) is -0.0398. The first-order chi connectivity index (χ1) is 15.3. The van der Waals surface area contributed by atoms with Gasteiger partial charge in [0.2, 0.25) is 0 Å². The summed E-state index contributed by atoms with van der Waals surface area (Å²) in [6.07, 6.45) is 1.79. The Morgan fingerprint density at radius 2 is 1.42 bits per heavy atom. The molecule has 0 saturated carbocycles. The second kappa shape index (κ2) is 6.89. The van der Waals surface area contributed by atoms with Crippen molar-refractivity contribution in [3.05, 3.63) is 114 Å². The van der Waals surface area contributed by atoms with Crippen LogP contribution in [-0.2, 0) is 0 Å². The highest BCUT2D eigenvalue weighted by Gasteiger charge is 2.23. The number of nitrogens with zero attached hydrogens (tertiary/aromatic N) is 3. The van der Waals surface area contributed by atoms with Crippen molar-refractivity contribution in [2.75, 3.05) is 0 Å². The first kappa shape index (κ1) is 17.5. The summed E-state index contributed by atoms with van der Waals surface area (Å²) in [5.41, 5.74) is 5.38. The van der Waals surface area contributed by atoms with Crippen LogP contribution < -0.4 is 0 Å². The highest BCUT2D eigenvalue weighted by molar-refractivity contribution is 6.17. The van der Waals surface area contributed by atoms with Gasteiger partial charge < -0.3 is 0 Å². The maximum absolute atomic E-state index is 13.6. The van der Waals surface area contributed by atoms with Gasteiger partial charge in [-0.3, -0.25) is 9.78 Å². The van der Waals surface area contributed by atoms with Crippen molar-refractivity contribution in [2.24, 2.45) is 0 Å². The average Bonchev–Trinajstić information content (AvgIpc) is 3.24. The summed E-state index contributed by atoms with van der Waals surface area (Å²) in [6.45, 7) is 0. The van der Waals surface area contributed by atoms with E-state index < -0.39 is 0 Å². The lowest BCUT2D eigenvalue weighted by Crippen LogP contribution is -2.02. The average molecular weight is 399 g/mol. The molecule has 6 aromatic rings. The van der Waals surface area contributed by atoms with Gasteiger partial charge in [-0.1, -0.05) is 84.9 Å². The Bertz CT molecular complexity index is 1590. The van der Waals surface area contributed by atoms with Gasteiger partial charge in [0.25, 0.3) is 0 Å². The molecule has 0 aliphatic carbocycles. The number of fused-ring (bicyclic) bond motifs is 5. The van der Waals surface area contributed by atoms with Crippen LogP contribution >= 0.6 is 0 Å². The van der Waals surface area contributed by atoms with Crippen molar-refractivity contribution in [3.8, 4) is 11.3 Å². The van der Waals surface area contributed by atoms with E-state index in [1.54, 1.807) is 6.20 Å². The lowest BCUT2D eigenvalue weighted by molar-refractivity contribution is 0.104. The SMILES string of the molecule is O=C(c1ccccc1)c1c(-c2ccccc2)nn2c1ccc1ccc3cccnc3c12. The van der Waals surface area contributed by atoms with Gasteiger partial charge >= 0.3 is 0 Å². The van der Waals surface area contributed by atoms with Gasteiger partial charge in [0.05, 0.1) is 22.1 Å². The summed E-state index contributed by atoms with van der Waals surface area (Å²) >= 11 is 0. The number of ketones is 1. The Morgan fingerprint density at radius 3 is 2.23 bits per heavy atom. The molecule has 0 bridgehead atoms. The first-order valence-corrected chi connectivity index (χ1v) is 10.2. The molecule has 4 nitrogen and oxygen atoms in total.